The standard InChI is InChI=1S/C24H26N2O6S/c1-17-14-22(18(2)26(17)12-13-31-3)23(27)16-32-24(28)19-8-7-9-20(15-19)25-33(29,30)21-10-5-4-6-11-21/h4-11,14-15,25H,12-13,16H2,1-3H3. The predicted octanol–water partition coefficient (Wildman–Crippen LogP) is 3.59. The number of aromatic nitrogens is 1. The van der Waals surface area contributed by atoms with Crippen molar-refractivity contribution in [1.29, 1.82) is 0 Å². The van der Waals surface area contributed by atoms with Crippen LogP contribution in [0.4, 0.5) is 5.69 Å². The van der Waals surface area contributed by atoms with Gasteiger partial charge in [0, 0.05) is 36.3 Å². The Labute approximate surface area is 193 Å². The van der Waals surface area contributed by atoms with Gasteiger partial charge in [-0.1, -0.05) is 24.3 Å². The van der Waals surface area contributed by atoms with E-state index in [1.807, 2.05) is 18.4 Å². The molecule has 0 fully saturated rings. The molecule has 2 aromatic carbocycles. The molecule has 3 rings (SSSR count). The molecule has 9 heteroatoms. The number of nitrogens with zero attached hydrogens (tertiary/aromatic N) is 1. The number of benzene rings is 2. The lowest BCUT2D eigenvalue weighted by atomic mass is 10.1. The highest BCUT2D eigenvalue weighted by molar-refractivity contribution is 7.92. The Kier molecular flexibility index (Phi) is 7.67. The van der Waals surface area contributed by atoms with E-state index in [1.165, 1.54) is 36.4 Å². The number of methoxy groups -OCH3 is 1. The van der Waals surface area contributed by atoms with Gasteiger partial charge in [-0.05, 0) is 50.2 Å². The van der Waals surface area contributed by atoms with Gasteiger partial charge in [-0.3, -0.25) is 9.52 Å². The van der Waals surface area contributed by atoms with Gasteiger partial charge in [-0.15, -0.1) is 0 Å². The number of sulfonamides is 1. The predicted molar refractivity (Wildman–Crippen MR) is 124 cm³/mol. The maximum Gasteiger partial charge on any atom is 0.338 e. The van der Waals surface area contributed by atoms with E-state index in [0.29, 0.717) is 18.7 Å². The van der Waals surface area contributed by atoms with Crippen molar-refractivity contribution in [3.63, 3.8) is 0 Å². The largest absolute Gasteiger partial charge is 0.454 e. The minimum Gasteiger partial charge on any atom is -0.454 e. The molecule has 0 bridgehead atoms. The number of carbonyl (C=O) groups excluding carboxylic acids is 2. The van der Waals surface area contributed by atoms with Gasteiger partial charge in [0.2, 0.25) is 5.78 Å². The lowest BCUT2D eigenvalue weighted by molar-refractivity contribution is 0.0474. The molecule has 0 aliphatic rings. The first-order valence-electron chi connectivity index (χ1n) is 10.3. The highest BCUT2D eigenvalue weighted by Crippen LogP contribution is 2.19. The first-order chi connectivity index (χ1) is 15.7. The molecular formula is C24H26N2O6S. The quantitative estimate of drug-likeness (QED) is 0.359. The molecule has 0 spiro atoms. The van der Waals surface area contributed by atoms with Crippen LogP contribution in [-0.4, -0.2) is 45.1 Å². The van der Waals surface area contributed by atoms with Crippen LogP contribution in [0.5, 0.6) is 0 Å². The molecule has 0 aliphatic carbocycles. The normalized spacial score (nSPS) is 11.2. The second-order valence-corrected chi connectivity index (χ2v) is 9.11. The van der Waals surface area contributed by atoms with Crippen LogP contribution < -0.4 is 4.72 Å². The smallest absolute Gasteiger partial charge is 0.338 e. The fourth-order valence-electron chi connectivity index (χ4n) is 3.43. The molecule has 0 aliphatic heterocycles. The van der Waals surface area contributed by atoms with E-state index in [9.17, 15) is 18.0 Å². The number of hydrogen-bond donors (Lipinski definition) is 1. The number of carbonyl (C=O) groups is 2. The Morgan fingerprint density at radius 3 is 2.42 bits per heavy atom. The first kappa shape index (κ1) is 24.2. The minimum atomic E-state index is -3.80. The molecular weight excluding hydrogens is 444 g/mol. The maximum absolute atomic E-state index is 12.6. The lowest BCUT2D eigenvalue weighted by Gasteiger charge is -2.10. The fourth-order valence-corrected chi connectivity index (χ4v) is 4.50. The summed E-state index contributed by atoms with van der Waals surface area (Å²) in [5.41, 5.74) is 2.52. The van der Waals surface area contributed by atoms with Crippen molar-refractivity contribution in [3.05, 3.63) is 83.2 Å². The van der Waals surface area contributed by atoms with Crippen LogP contribution in [0.25, 0.3) is 0 Å². The number of ketones is 1. The molecule has 33 heavy (non-hydrogen) atoms. The summed E-state index contributed by atoms with van der Waals surface area (Å²) in [6.45, 7) is 4.44. The molecule has 3 aromatic rings. The van der Waals surface area contributed by atoms with E-state index in [4.69, 9.17) is 9.47 Å². The number of ether oxygens (including phenoxy) is 2. The van der Waals surface area contributed by atoms with Crippen molar-refractivity contribution >= 4 is 27.5 Å². The van der Waals surface area contributed by atoms with E-state index < -0.39 is 22.6 Å². The van der Waals surface area contributed by atoms with Crippen molar-refractivity contribution in [2.24, 2.45) is 0 Å². The molecule has 174 valence electrons. The van der Waals surface area contributed by atoms with Crippen LogP contribution in [0, 0.1) is 13.8 Å². The van der Waals surface area contributed by atoms with Crippen molar-refractivity contribution in [2.45, 2.75) is 25.3 Å². The average molecular weight is 471 g/mol. The summed E-state index contributed by atoms with van der Waals surface area (Å²) in [4.78, 5) is 25.2. The van der Waals surface area contributed by atoms with Crippen LogP contribution in [-0.2, 0) is 26.0 Å². The van der Waals surface area contributed by atoms with Crippen molar-refractivity contribution in [3.8, 4) is 0 Å². The number of aryl methyl sites for hydroxylation is 1. The van der Waals surface area contributed by atoms with Gasteiger partial charge >= 0.3 is 5.97 Å². The van der Waals surface area contributed by atoms with Gasteiger partial charge < -0.3 is 14.0 Å². The fraction of sp³-hybridized carbons (Fsp3) is 0.250. The molecule has 0 saturated heterocycles. The van der Waals surface area contributed by atoms with E-state index in [2.05, 4.69) is 4.72 Å². The lowest BCUT2D eigenvalue weighted by Crippen LogP contribution is -2.16. The van der Waals surface area contributed by atoms with E-state index in [1.54, 1.807) is 31.4 Å². The summed E-state index contributed by atoms with van der Waals surface area (Å²) >= 11 is 0. The second-order valence-electron chi connectivity index (χ2n) is 7.43. The summed E-state index contributed by atoms with van der Waals surface area (Å²) in [5, 5.41) is 0. The molecule has 1 heterocycles. The Morgan fingerprint density at radius 2 is 1.73 bits per heavy atom. The van der Waals surface area contributed by atoms with Gasteiger partial charge in [0.05, 0.1) is 17.1 Å². The summed E-state index contributed by atoms with van der Waals surface area (Å²) in [6, 6.07) is 15.6. The Bertz CT molecular complexity index is 1250. The zero-order valence-electron chi connectivity index (χ0n) is 18.7. The molecule has 1 aromatic heterocycles. The molecule has 0 saturated carbocycles. The minimum absolute atomic E-state index is 0.103. The Balaban J connectivity index is 1.66. The molecule has 0 radical (unpaired) electrons. The van der Waals surface area contributed by atoms with Crippen molar-refractivity contribution in [1.82, 2.24) is 4.57 Å². The maximum atomic E-state index is 12.6. The van der Waals surface area contributed by atoms with Crippen LogP contribution >= 0.6 is 0 Å². The van der Waals surface area contributed by atoms with Gasteiger partial charge in [-0.2, -0.15) is 0 Å². The zero-order valence-corrected chi connectivity index (χ0v) is 19.5. The number of hydrogen-bond acceptors (Lipinski definition) is 6. The van der Waals surface area contributed by atoms with Crippen molar-refractivity contribution in [2.75, 3.05) is 25.0 Å². The summed E-state index contributed by atoms with van der Waals surface area (Å²) in [7, 11) is -2.19. The van der Waals surface area contributed by atoms with Crippen LogP contribution in [0.15, 0.2) is 65.6 Å². The van der Waals surface area contributed by atoms with Crippen LogP contribution in [0.3, 0.4) is 0 Å². The monoisotopic (exact) mass is 470 g/mol. The number of anilines is 1. The van der Waals surface area contributed by atoms with Crippen LogP contribution in [0.1, 0.15) is 32.1 Å². The second kappa shape index (κ2) is 10.5. The zero-order chi connectivity index (χ0) is 24.0. The summed E-state index contributed by atoms with van der Waals surface area (Å²) in [5.74, 6) is -1.04. The highest BCUT2D eigenvalue weighted by Gasteiger charge is 2.19. The Morgan fingerprint density at radius 1 is 1.00 bits per heavy atom. The van der Waals surface area contributed by atoms with Gasteiger partial charge in [-0.25, -0.2) is 13.2 Å². The average Bonchev–Trinajstić information content (AvgIpc) is 3.09. The summed E-state index contributed by atoms with van der Waals surface area (Å²) in [6.07, 6.45) is 0. The third-order valence-corrected chi connectivity index (χ3v) is 6.53. The topological polar surface area (TPSA) is 104 Å². The number of nitrogens with one attached hydrogen (secondary N) is 1. The molecule has 0 atom stereocenters. The van der Waals surface area contributed by atoms with Gasteiger partial charge in [0.1, 0.15) is 0 Å². The van der Waals surface area contributed by atoms with Crippen LogP contribution in [0.2, 0.25) is 0 Å². The highest BCUT2D eigenvalue weighted by atomic mass is 32.2. The van der Waals surface area contributed by atoms with E-state index >= 15 is 0 Å². The number of rotatable bonds is 10. The SMILES string of the molecule is COCCn1c(C)cc(C(=O)COC(=O)c2cccc(NS(=O)(=O)c3ccccc3)c2)c1C. The van der Waals surface area contributed by atoms with E-state index in [-0.39, 0.29) is 21.9 Å². The third-order valence-electron chi connectivity index (χ3n) is 5.13. The first-order valence-corrected chi connectivity index (χ1v) is 11.7. The van der Waals surface area contributed by atoms with Gasteiger partial charge in [0.25, 0.3) is 10.0 Å². The molecule has 0 unspecified atom stereocenters. The molecule has 0 amide bonds. The molecule has 8 nitrogen and oxygen atoms in total. The molecule has 1 N–H and O–H groups in total. The Hall–Kier alpha value is -3.43. The van der Waals surface area contributed by atoms with Gasteiger partial charge in [0.15, 0.2) is 6.61 Å². The van der Waals surface area contributed by atoms with E-state index in [0.717, 1.165) is 11.4 Å². The summed E-state index contributed by atoms with van der Waals surface area (Å²) < 4.78 is 39.7. The number of Topliss-reactive ketones (excluding diaryl/α,β-unsaturated/α-hetero) is 1. The third kappa shape index (κ3) is 5.88. The number of esters is 1. The van der Waals surface area contributed by atoms with Crippen molar-refractivity contribution < 1.29 is 27.5 Å².